The molecular formula is C10H10N4S. The van der Waals surface area contributed by atoms with Crippen LogP contribution in [0.4, 0.5) is 5.82 Å². The fourth-order valence-electron chi connectivity index (χ4n) is 1.20. The molecule has 0 aliphatic rings. The first-order chi connectivity index (χ1) is 7.29. The van der Waals surface area contributed by atoms with E-state index in [2.05, 4.69) is 15.0 Å². The molecule has 0 aliphatic carbocycles. The average molecular weight is 218 g/mol. The highest BCUT2D eigenvalue weighted by molar-refractivity contribution is 7.98. The predicted molar refractivity (Wildman–Crippen MR) is 61.5 cm³/mol. The summed E-state index contributed by atoms with van der Waals surface area (Å²) in [7, 11) is 0. The molecule has 0 spiro atoms. The highest BCUT2D eigenvalue weighted by atomic mass is 32.2. The molecule has 0 saturated heterocycles. The Bertz CT molecular complexity index is 458. The highest BCUT2D eigenvalue weighted by Gasteiger charge is 2.03. The molecule has 2 N–H and O–H groups in total. The standard InChI is InChI=1S/C10H10N4S/c1-15-10-13-8(6-9(11)14-10)7-2-4-12-5-3-7/h2-6H,1H3,(H2,11,13,14). The smallest absolute Gasteiger partial charge is 0.189 e. The summed E-state index contributed by atoms with van der Waals surface area (Å²) in [5.74, 6) is 0.487. The Labute approximate surface area is 92.0 Å². The second-order valence-electron chi connectivity index (χ2n) is 2.90. The monoisotopic (exact) mass is 218 g/mol. The zero-order chi connectivity index (χ0) is 10.7. The normalized spacial score (nSPS) is 10.2. The van der Waals surface area contributed by atoms with Crippen molar-refractivity contribution in [2.24, 2.45) is 0 Å². The third-order valence-electron chi connectivity index (χ3n) is 1.88. The Morgan fingerprint density at radius 1 is 1.20 bits per heavy atom. The minimum Gasteiger partial charge on any atom is -0.384 e. The number of aromatic nitrogens is 3. The van der Waals surface area contributed by atoms with E-state index < -0.39 is 0 Å². The first-order valence-corrected chi connectivity index (χ1v) is 5.61. The average Bonchev–Trinajstić information content (AvgIpc) is 2.29. The van der Waals surface area contributed by atoms with Crippen molar-refractivity contribution in [1.29, 1.82) is 0 Å². The van der Waals surface area contributed by atoms with Crippen LogP contribution in [0.3, 0.4) is 0 Å². The first-order valence-electron chi connectivity index (χ1n) is 4.38. The maximum atomic E-state index is 5.69. The van der Waals surface area contributed by atoms with Crippen molar-refractivity contribution in [3.63, 3.8) is 0 Å². The Morgan fingerprint density at radius 2 is 1.93 bits per heavy atom. The maximum absolute atomic E-state index is 5.69. The summed E-state index contributed by atoms with van der Waals surface area (Å²) in [6.07, 6.45) is 5.38. The lowest BCUT2D eigenvalue weighted by Crippen LogP contribution is -1.96. The van der Waals surface area contributed by atoms with Crippen LogP contribution in [0.2, 0.25) is 0 Å². The van der Waals surface area contributed by atoms with Gasteiger partial charge in [-0.1, -0.05) is 11.8 Å². The number of rotatable bonds is 2. The Hall–Kier alpha value is -1.62. The van der Waals surface area contributed by atoms with Crippen LogP contribution in [0.15, 0.2) is 35.7 Å². The van der Waals surface area contributed by atoms with Crippen molar-refractivity contribution in [2.45, 2.75) is 5.16 Å². The molecule has 0 aromatic carbocycles. The molecule has 0 aliphatic heterocycles. The van der Waals surface area contributed by atoms with Crippen molar-refractivity contribution in [3.8, 4) is 11.3 Å². The Morgan fingerprint density at radius 3 is 2.60 bits per heavy atom. The van der Waals surface area contributed by atoms with Crippen LogP contribution in [0.1, 0.15) is 0 Å². The molecule has 0 atom stereocenters. The van der Waals surface area contributed by atoms with Crippen LogP contribution < -0.4 is 5.73 Å². The van der Waals surface area contributed by atoms with Gasteiger partial charge in [-0.3, -0.25) is 4.98 Å². The molecule has 4 nitrogen and oxygen atoms in total. The number of nitrogens with two attached hydrogens (primary N) is 1. The number of anilines is 1. The van der Waals surface area contributed by atoms with E-state index in [9.17, 15) is 0 Å². The maximum Gasteiger partial charge on any atom is 0.189 e. The molecule has 0 saturated carbocycles. The fourth-order valence-corrected chi connectivity index (χ4v) is 1.59. The number of nitrogens with zero attached hydrogens (tertiary/aromatic N) is 3. The topological polar surface area (TPSA) is 64.7 Å². The number of hydrogen-bond acceptors (Lipinski definition) is 5. The van der Waals surface area contributed by atoms with Crippen LogP contribution in [-0.2, 0) is 0 Å². The second-order valence-corrected chi connectivity index (χ2v) is 3.67. The van der Waals surface area contributed by atoms with E-state index in [0.29, 0.717) is 11.0 Å². The van der Waals surface area contributed by atoms with Crippen molar-refractivity contribution in [3.05, 3.63) is 30.6 Å². The fraction of sp³-hybridized carbons (Fsp3) is 0.100. The van der Waals surface area contributed by atoms with E-state index in [4.69, 9.17) is 5.73 Å². The van der Waals surface area contributed by atoms with Gasteiger partial charge >= 0.3 is 0 Å². The van der Waals surface area contributed by atoms with Gasteiger partial charge in [0, 0.05) is 24.0 Å². The van der Waals surface area contributed by atoms with Crippen LogP contribution in [-0.4, -0.2) is 21.2 Å². The molecule has 2 aromatic rings. The molecule has 5 heteroatoms. The summed E-state index contributed by atoms with van der Waals surface area (Å²) < 4.78 is 0. The van der Waals surface area contributed by atoms with Gasteiger partial charge in [-0.2, -0.15) is 0 Å². The van der Waals surface area contributed by atoms with Gasteiger partial charge in [0.1, 0.15) is 5.82 Å². The molecule has 2 aromatic heterocycles. The first kappa shape index (κ1) is 9.92. The van der Waals surface area contributed by atoms with E-state index in [-0.39, 0.29) is 0 Å². The van der Waals surface area contributed by atoms with E-state index in [1.165, 1.54) is 11.8 Å². The number of hydrogen-bond donors (Lipinski definition) is 1. The lowest BCUT2D eigenvalue weighted by atomic mass is 10.2. The van der Waals surface area contributed by atoms with Crippen molar-refractivity contribution in [1.82, 2.24) is 15.0 Å². The third kappa shape index (κ3) is 2.24. The van der Waals surface area contributed by atoms with Gasteiger partial charge in [-0.05, 0) is 18.4 Å². The molecule has 2 rings (SSSR count). The molecule has 0 unspecified atom stereocenters. The van der Waals surface area contributed by atoms with Crippen LogP contribution >= 0.6 is 11.8 Å². The Kier molecular flexibility index (Phi) is 2.82. The van der Waals surface area contributed by atoms with Crippen LogP contribution in [0, 0.1) is 0 Å². The van der Waals surface area contributed by atoms with Crippen molar-refractivity contribution < 1.29 is 0 Å². The minimum absolute atomic E-state index is 0.487. The quantitative estimate of drug-likeness (QED) is 0.615. The molecule has 15 heavy (non-hydrogen) atoms. The second kappa shape index (κ2) is 4.27. The summed E-state index contributed by atoms with van der Waals surface area (Å²) in [6.45, 7) is 0. The molecule has 0 bridgehead atoms. The van der Waals surface area contributed by atoms with Gasteiger partial charge in [-0.15, -0.1) is 0 Å². The lowest BCUT2D eigenvalue weighted by molar-refractivity contribution is 0.984. The number of nitrogen functional groups attached to an aromatic ring is 1. The van der Waals surface area contributed by atoms with Gasteiger partial charge in [0.15, 0.2) is 5.16 Å². The molecule has 76 valence electrons. The molecular weight excluding hydrogens is 208 g/mol. The number of pyridine rings is 1. The summed E-state index contributed by atoms with van der Waals surface area (Å²) >= 11 is 1.47. The summed E-state index contributed by atoms with van der Waals surface area (Å²) in [6, 6.07) is 5.55. The van der Waals surface area contributed by atoms with Crippen LogP contribution in [0.5, 0.6) is 0 Å². The zero-order valence-electron chi connectivity index (χ0n) is 8.21. The SMILES string of the molecule is CSc1nc(N)cc(-c2ccncc2)n1. The summed E-state index contributed by atoms with van der Waals surface area (Å²) in [4.78, 5) is 12.4. The van der Waals surface area contributed by atoms with Gasteiger partial charge in [-0.25, -0.2) is 9.97 Å². The Balaban J connectivity index is 2.49. The molecule has 0 amide bonds. The van der Waals surface area contributed by atoms with E-state index in [1.807, 2.05) is 18.4 Å². The molecule has 0 radical (unpaired) electrons. The van der Waals surface area contributed by atoms with Gasteiger partial charge in [0.05, 0.1) is 5.69 Å². The van der Waals surface area contributed by atoms with Crippen molar-refractivity contribution in [2.75, 3.05) is 12.0 Å². The zero-order valence-corrected chi connectivity index (χ0v) is 9.03. The van der Waals surface area contributed by atoms with Gasteiger partial charge in [0.2, 0.25) is 0 Å². The van der Waals surface area contributed by atoms with Crippen LogP contribution in [0.25, 0.3) is 11.3 Å². The van der Waals surface area contributed by atoms with E-state index in [0.717, 1.165) is 11.3 Å². The molecule has 2 heterocycles. The largest absolute Gasteiger partial charge is 0.384 e. The van der Waals surface area contributed by atoms with E-state index >= 15 is 0 Å². The summed E-state index contributed by atoms with van der Waals surface area (Å²) in [5, 5.41) is 0.682. The molecule has 0 fully saturated rings. The van der Waals surface area contributed by atoms with Gasteiger partial charge < -0.3 is 5.73 Å². The lowest BCUT2D eigenvalue weighted by Gasteiger charge is -2.03. The van der Waals surface area contributed by atoms with Gasteiger partial charge in [0.25, 0.3) is 0 Å². The number of thioether (sulfide) groups is 1. The van der Waals surface area contributed by atoms with E-state index in [1.54, 1.807) is 18.5 Å². The highest BCUT2D eigenvalue weighted by Crippen LogP contribution is 2.20. The predicted octanol–water partition coefficient (Wildman–Crippen LogP) is 1.84. The summed E-state index contributed by atoms with van der Waals surface area (Å²) in [5.41, 5.74) is 7.52. The van der Waals surface area contributed by atoms with Crippen molar-refractivity contribution >= 4 is 17.6 Å². The third-order valence-corrected chi connectivity index (χ3v) is 2.43. The minimum atomic E-state index is 0.487.